The largest absolute Gasteiger partial charge is 0.493 e. The fraction of sp³-hybridized carbons (Fsp3) is 0.571. The van der Waals surface area contributed by atoms with Crippen LogP contribution < -0.4 is 10.1 Å². The average Bonchev–Trinajstić information content (AvgIpc) is 2.79. The van der Waals surface area contributed by atoms with Gasteiger partial charge in [0.1, 0.15) is 5.75 Å². The maximum absolute atomic E-state index is 5.84. The molecule has 1 aromatic rings. The summed E-state index contributed by atoms with van der Waals surface area (Å²) in [5.74, 6) is 2.26. The predicted octanol–water partition coefficient (Wildman–Crippen LogP) is 2.80. The van der Waals surface area contributed by atoms with Crippen LogP contribution in [0.25, 0.3) is 0 Å². The Morgan fingerprint density at radius 2 is 2.31 bits per heavy atom. The van der Waals surface area contributed by atoms with Gasteiger partial charge in [0.15, 0.2) is 0 Å². The Labute approximate surface area is 98.0 Å². The van der Waals surface area contributed by atoms with Crippen LogP contribution in [0.1, 0.15) is 31.7 Å². The summed E-state index contributed by atoms with van der Waals surface area (Å²) in [6.07, 6.45) is 1.24. The maximum Gasteiger partial charge on any atom is 0.119 e. The molecule has 1 saturated heterocycles. The van der Waals surface area contributed by atoms with Crippen molar-refractivity contribution >= 4 is 0 Å². The second kappa shape index (κ2) is 5.35. The van der Waals surface area contributed by atoms with E-state index in [1.54, 1.807) is 0 Å². The van der Waals surface area contributed by atoms with Gasteiger partial charge in [-0.25, -0.2) is 0 Å². The van der Waals surface area contributed by atoms with Crippen LogP contribution in [0.15, 0.2) is 24.3 Å². The molecule has 0 aliphatic carbocycles. The lowest BCUT2D eigenvalue weighted by Gasteiger charge is -2.12. The minimum absolute atomic E-state index is 0.566. The first-order valence-corrected chi connectivity index (χ1v) is 6.19. The lowest BCUT2D eigenvalue weighted by atomic mass is 10.0. The molecule has 2 nitrogen and oxygen atoms in total. The van der Waals surface area contributed by atoms with E-state index in [4.69, 9.17) is 4.74 Å². The Morgan fingerprint density at radius 1 is 1.44 bits per heavy atom. The van der Waals surface area contributed by atoms with Gasteiger partial charge in [0.25, 0.3) is 0 Å². The molecule has 1 fully saturated rings. The number of hydrogen-bond acceptors (Lipinski definition) is 2. The molecule has 1 N–H and O–H groups in total. The van der Waals surface area contributed by atoms with E-state index in [-0.39, 0.29) is 0 Å². The summed E-state index contributed by atoms with van der Waals surface area (Å²) in [7, 11) is 0. The van der Waals surface area contributed by atoms with Crippen LogP contribution in [0.5, 0.6) is 5.75 Å². The average molecular weight is 219 g/mol. The van der Waals surface area contributed by atoms with Crippen molar-refractivity contribution in [1.82, 2.24) is 5.32 Å². The lowest BCUT2D eigenvalue weighted by Crippen LogP contribution is -2.15. The second-order valence-electron chi connectivity index (χ2n) is 4.90. The van der Waals surface area contributed by atoms with Crippen molar-refractivity contribution in [3.63, 3.8) is 0 Å². The van der Waals surface area contributed by atoms with Crippen molar-refractivity contribution in [3.8, 4) is 5.75 Å². The SMILES string of the molecule is CC(C)c1cccc(OC[C@@H]2CCNC2)c1. The van der Waals surface area contributed by atoms with E-state index in [0.29, 0.717) is 11.8 Å². The van der Waals surface area contributed by atoms with Gasteiger partial charge in [0.2, 0.25) is 0 Å². The van der Waals surface area contributed by atoms with Crippen LogP contribution in [0.4, 0.5) is 0 Å². The van der Waals surface area contributed by atoms with Crippen molar-refractivity contribution in [3.05, 3.63) is 29.8 Å². The molecule has 0 spiro atoms. The summed E-state index contributed by atoms with van der Waals surface area (Å²) in [6.45, 7) is 7.50. The van der Waals surface area contributed by atoms with E-state index in [1.165, 1.54) is 12.0 Å². The first-order valence-electron chi connectivity index (χ1n) is 6.19. The highest BCUT2D eigenvalue weighted by Gasteiger charge is 2.14. The van der Waals surface area contributed by atoms with Gasteiger partial charge in [-0.2, -0.15) is 0 Å². The zero-order chi connectivity index (χ0) is 11.4. The molecule has 16 heavy (non-hydrogen) atoms. The molecular weight excluding hydrogens is 198 g/mol. The molecule has 1 aliphatic rings. The Hall–Kier alpha value is -1.02. The fourth-order valence-electron chi connectivity index (χ4n) is 2.03. The molecule has 2 heteroatoms. The van der Waals surface area contributed by atoms with Crippen molar-refractivity contribution in [2.24, 2.45) is 5.92 Å². The third-order valence-electron chi connectivity index (χ3n) is 3.17. The van der Waals surface area contributed by atoms with Crippen LogP contribution in [0.2, 0.25) is 0 Å². The normalized spacial score (nSPS) is 20.3. The Morgan fingerprint density at radius 3 is 3.00 bits per heavy atom. The summed E-state index contributed by atoms with van der Waals surface area (Å²) in [6, 6.07) is 8.45. The smallest absolute Gasteiger partial charge is 0.119 e. The standard InChI is InChI=1S/C14H21NO/c1-11(2)13-4-3-5-14(8-13)16-10-12-6-7-15-9-12/h3-5,8,11-12,15H,6-7,9-10H2,1-2H3/t12-/m1/s1. The van der Waals surface area contributed by atoms with Gasteiger partial charge in [-0.1, -0.05) is 26.0 Å². The molecule has 0 radical (unpaired) electrons. The summed E-state index contributed by atoms with van der Waals surface area (Å²) in [4.78, 5) is 0. The highest BCUT2D eigenvalue weighted by Crippen LogP contribution is 2.21. The quantitative estimate of drug-likeness (QED) is 0.840. The molecule has 0 unspecified atom stereocenters. The minimum Gasteiger partial charge on any atom is -0.493 e. The molecule has 88 valence electrons. The predicted molar refractivity (Wildman–Crippen MR) is 67.0 cm³/mol. The molecule has 1 aromatic carbocycles. The van der Waals surface area contributed by atoms with Crippen molar-refractivity contribution in [2.45, 2.75) is 26.2 Å². The lowest BCUT2D eigenvalue weighted by molar-refractivity contribution is 0.260. The number of ether oxygens (including phenoxy) is 1. The van der Waals surface area contributed by atoms with E-state index < -0.39 is 0 Å². The molecule has 0 aromatic heterocycles. The zero-order valence-corrected chi connectivity index (χ0v) is 10.2. The maximum atomic E-state index is 5.84. The van der Waals surface area contributed by atoms with Gasteiger partial charge < -0.3 is 10.1 Å². The molecule has 1 aliphatic heterocycles. The van der Waals surface area contributed by atoms with Gasteiger partial charge in [-0.05, 0) is 36.6 Å². The highest BCUT2D eigenvalue weighted by atomic mass is 16.5. The van der Waals surface area contributed by atoms with E-state index >= 15 is 0 Å². The van der Waals surface area contributed by atoms with Crippen LogP contribution >= 0.6 is 0 Å². The van der Waals surface area contributed by atoms with Gasteiger partial charge in [-0.15, -0.1) is 0 Å². The van der Waals surface area contributed by atoms with Crippen molar-refractivity contribution in [2.75, 3.05) is 19.7 Å². The van der Waals surface area contributed by atoms with Gasteiger partial charge in [-0.3, -0.25) is 0 Å². The summed E-state index contributed by atoms with van der Waals surface area (Å²) < 4.78 is 5.84. The third-order valence-corrected chi connectivity index (χ3v) is 3.17. The number of rotatable bonds is 4. The van der Waals surface area contributed by atoms with Gasteiger partial charge in [0, 0.05) is 12.5 Å². The summed E-state index contributed by atoms with van der Waals surface area (Å²) >= 11 is 0. The zero-order valence-electron chi connectivity index (χ0n) is 10.2. The number of nitrogens with one attached hydrogen (secondary N) is 1. The van der Waals surface area contributed by atoms with Crippen LogP contribution in [-0.4, -0.2) is 19.7 Å². The molecule has 1 atom stereocenters. The third kappa shape index (κ3) is 2.99. The summed E-state index contributed by atoms with van der Waals surface area (Å²) in [5, 5.41) is 3.36. The Bertz CT molecular complexity index is 329. The van der Waals surface area contributed by atoms with Crippen LogP contribution in [-0.2, 0) is 0 Å². The monoisotopic (exact) mass is 219 g/mol. The second-order valence-corrected chi connectivity index (χ2v) is 4.90. The molecule has 1 heterocycles. The molecule has 0 amide bonds. The summed E-state index contributed by atoms with van der Waals surface area (Å²) in [5.41, 5.74) is 1.35. The molecule has 0 saturated carbocycles. The molecular formula is C14H21NO. The van der Waals surface area contributed by atoms with E-state index in [9.17, 15) is 0 Å². The first-order chi connectivity index (χ1) is 7.75. The minimum atomic E-state index is 0.566. The van der Waals surface area contributed by atoms with Crippen molar-refractivity contribution < 1.29 is 4.74 Å². The molecule has 0 bridgehead atoms. The van der Waals surface area contributed by atoms with Gasteiger partial charge >= 0.3 is 0 Å². The number of benzene rings is 1. The highest BCUT2D eigenvalue weighted by molar-refractivity contribution is 5.30. The Balaban J connectivity index is 1.90. The number of hydrogen-bond donors (Lipinski definition) is 1. The fourth-order valence-corrected chi connectivity index (χ4v) is 2.03. The van der Waals surface area contributed by atoms with E-state index in [1.807, 2.05) is 6.07 Å². The van der Waals surface area contributed by atoms with E-state index in [0.717, 1.165) is 25.4 Å². The van der Waals surface area contributed by atoms with E-state index in [2.05, 4.69) is 37.4 Å². The van der Waals surface area contributed by atoms with Crippen LogP contribution in [0.3, 0.4) is 0 Å². The Kier molecular flexibility index (Phi) is 3.83. The molecule has 2 rings (SSSR count). The van der Waals surface area contributed by atoms with Crippen molar-refractivity contribution in [1.29, 1.82) is 0 Å². The van der Waals surface area contributed by atoms with Gasteiger partial charge in [0.05, 0.1) is 6.61 Å². The van der Waals surface area contributed by atoms with Crippen LogP contribution in [0, 0.1) is 5.92 Å². The first kappa shape index (κ1) is 11.5. The topological polar surface area (TPSA) is 21.3 Å².